The van der Waals surface area contributed by atoms with Crippen LogP contribution < -0.4 is 4.90 Å². The van der Waals surface area contributed by atoms with Gasteiger partial charge in [-0.3, -0.25) is 0 Å². The number of furan rings is 1. The summed E-state index contributed by atoms with van der Waals surface area (Å²) in [6, 6.07) is 8.06. The summed E-state index contributed by atoms with van der Waals surface area (Å²) < 4.78 is 5.05. The highest BCUT2D eigenvalue weighted by Gasteiger charge is 2.08. The van der Waals surface area contributed by atoms with E-state index < -0.39 is 0 Å². The van der Waals surface area contributed by atoms with Crippen LogP contribution in [-0.4, -0.2) is 12.2 Å². The Labute approximate surface area is 101 Å². The third kappa shape index (κ3) is 2.68. The van der Waals surface area contributed by atoms with E-state index in [4.69, 9.17) is 4.42 Å². The van der Waals surface area contributed by atoms with E-state index in [2.05, 4.69) is 11.0 Å². The lowest BCUT2D eigenvalue weighted by Gasteiger charge is -2.21. The topological polar surface area (TPSA) is 36.6 Å². The average Bonchev–Trinajstić information content (AvgIpc) is 2.81. The molecule has 2 aromatic rings. The molecule has 2 rings (SSSR count). The summed E-state index contributed by atoms with van der Waals surface area (Å²) in [6.45, 7) is 2.86. The number of benzene rings is 1. The number of hydrogen-bond donors (Lipinski definition) is 1. The van der Waals surface area contributed by atoms with Crippen molar-refractivity contribution in [3.05, 3.63) is 53.5 Å². The molecule has 17 heavy (non-hydrogen) atoms. The molecular formula is C14H17NO2. The molecule has 0 aliphatic carbocycles. The van der Waals surface area contributed by atoms with E-state index in [1.54, 1.807) is 12.5 Å². The molecule has 0 aliphatic heterocycles. The van der Waals surface area contributed by atoms with Gasteiger partial charge < -0.3 is 14.4 Å². The third-order valence-electron chi connectivity index (χ3n) is 2.82. The fraction of sp³-hybridized carbons (Fsp3) is 0.286. The van der Waals surface area contributed by atoms with Gasteiger partial charge in [0.25, 0.3) is 0 Å². The zero-order valence-corrected chi connectivity index (χ0v) is 10.2. The van der Waals surface area contributed by atoms with E-state index in [0.717, 1.165) is 28.9 Å². The van der Waals surface area contributed by atoms with Crippen LogP contribution in [0.15, 0.2) is 41.2 Å². The van der Waals surface area contributed by atoms with Crippen molar-refractivity contribution in [2.45, 2.75) is 20.1 Å². The summed E-state index contributed by atoms with van der Waals surface area (Å²) in [4.78, 5) is 2.11. The van der Waals surface area contributed by atoms with E-state index in [9.17, 15) is 5.11 Å². The van der Waals surface area contributed by atoms with Crippen molar-refractivity contribution in [2.75, 3.05) is 11.9 Å². The average molecular weight is 231 g/mol. The summed E-state index contributed by atoms with van der Waals surface area (Å²) in [5.74, 6) is 0. The zero-order valence-electron chi connectivity index (χ0n) is 10.2. The smallest absolute Gasteiger partial charge is 0.0952 e. The number of aliphatic hydroxyl groups excluding tert-OH is 1. The van der Waals surface area contributed by atoms with Crippen molar-refractivity contribution in [3.8, 4) is 0 Å². The lowest BCUT2D eigenvalue weighted by atomic mass is 10.1. The Bertz CT molecular complexity index is 477. The fourth-order valence-corrected chi connectivity index (χ4v) is 1.95. The van der Waals surface area contributed by atoms with Crippen LogP contribution in [0.5, 0.6) is 0 Å². The molecule has 0 saturated heterocycles. The van der Waals surface area contributed by atoms with Gasteiger partial charge in [-0.25, -0.2) is 0 Å². The van der Waals surface area contributed by atoms with Crippen LogP contribution in [0.25, 0.3) is 0 Å². The minimum absolute atomic E-state index is 0.0622. The highest BCUT2D eigenvalue weighted by atomic mass is 16.3. The van der Waals surface area contributed by atoms with Crippen molar-refractivity contribution in [1.82, 2.24) is 0 Å². The first-order valence-electron chi connectivity index (χ1n) is 5.63. The Hall–Kier alpha value is -1.74. The molecule has 1 heterocycles. The Morgan fingerprint density at radius 1 is 1.29 bits per heavy atom. The van der Waals surface area contributed by atoms with Crippen molar-refractivity contribution in [1.29, 1.82) is 0 Å². The quantitative estimate of drug-likeness (QED) is 0.879. The van der Waals surface area contributed by atoms with Crippen LogP contribution in [0.1, 0.15) is 16.7 Å². The van der Waals surface area contributed by atoms with E-state index >= 15 is 0 Å². The molecule has 1 N–H and O–H groups in total. The zero-order chi connectivity index (χ0) is 12.3. The van der Waals surface area contributed by atoms with Crippen molar-refractivity contribution in [2.24, 2.45) is 0 Å². The molecule has 0 fully saturated rings. The SMILES string of the molecule is Cc1ccc(N(C)Cc2ccoc2)c(CO)c1. The predicted octanol–water partition coefficient (Wildman–Crippen LogP) is 2.72. The van der Waals surface area contributed by atoms with Gasteiger partial charge in [0.05, 0.1) is 19.1 Å². The van der Waals surface area contributed by atoms with E-state index in [1.807, 2.05) is 32.2 Å². The van der Waals surface area contributed by atoms with Gasteiger partial charge in [0, 0.05) is 30.4 Å². The monoisotopic (exact) mass is 231 g/mol. The number of hydrogen-bond acceptors (Lipinski definition) is 3. The van der Waals surface area contributed by atoms with E-state index in [-0.39, 0.29) is 6.61 Å². The predicted molar refractivity (Wildman–Crippen MR) is 67.9 cm³/mol. The fourth-order valence-electron chi connectivity index (χ4n) is 1.95. The summed E-state index contributed by atoms with van der Waals surface area (Å²) in [6.07, 6.45) is 3.41. The van der Waals surface area contributed by atoms with Gasteiger partial charge in [0.1, 0.15) is 0 Å². The normalized spacial score (nSPS) is 10.5. The molecule has 0 bridgehead atoms. The highest BCUT2D eigenvalue weighted by molar-refractivity contribution is 5.54. The highest BCUT2D eigenvalue weighted by Crippen LogP contribution is 2.22. The second-order valence-electron chi connectivity index (χ2n) is 4.28. The Morgan fingerprint density at radius 2 is 2.12 bits per heavy atom. The lowest BCUT2D eigenvalue weighted by molar-refractivity contribution is 0.282. The molecular weight excluding hydrogens is 214 g/mol. The van der Waals surface area contributed by atoms with E-state index in [0.29, 0.717) is 0 Å². The van der Waals surface area contributed by atoms with Crippen LogP contribution >= 0.6 is 0 Å². The number of rotatable bonds is 4. The standard InChI is InChI=1S/C14H17NO2/c1-11-3-4-14(13(7-11)9-16)15(2)8-12-5-6-17-10-12/h3-7,10,16H,8-9H2,1-2H3. The lowest BCUT2D eigenvalue weighted by Crippen LogP contribution is -2.17. The van der Waals surface area contributed by atoms with Crippen molar-refractivity contribution in [3.63, 3.8) is 0 Å². The Morgan fingerprint density at radius 3 is 2.76 bits per heavy atom. The molecule has 0 atom stereocenters. The molecule has 90 valence electrons. The minimum atomic E-state index is 0.0622. The molecule has 0 spiro atoms. The minimum Gasteiger partial charge on any atom is -0.472 e. The molecule has 1 aromatic heterocycles. The molecule has 0 saturated carbocycles. The summed E-state index contributed by atoms with van der Waals surface area (Å²) in [5.41, 5.74) is 4.29. The molecule has 3 nitrogen and oxygen atoms in total. The molecule has 0 aliphatic rings. The Kier molecular flexibility index (Phi) is 3.49. The first kappa shape index (κ1) is 11.7. The molecule has 1 aromatic carbocycles. The molecule has 0 unspecified atom stereocenters. The second-order valence-corrected chi connectivity index (χ2v) is 4.28. The molecule has 3 heteroatoms. The summed E-state index contributed by atoms with van der Waals surface area (Å²) in [7, 11) is 2.01. The van der Waals surface area contributed by atoms with Crippen LogP contribution in [-0.2, 0) is 13.2 Å². The van der Waals surface area contributed by atoms with Gasteiger partial charge in [0.15, 0.2) is 0 Å². The van der Waals surface area contributed by atoms with E-state index in [1.165, 1.54) is 0 Å². The number of anilines is 1. The van der Waals surface area contributed by atoms with Crippen LogP contribution in [0.3, 0.4) is 0 Å². The van der Waals surface area contributed by atoms with Gasteiger partial charge in [-0.2, -0.15) is 0 Å². The third-order valence-corrected chi connectivity index (χ3v) is 2.82. The largest absolute Gasteiger partial charge is 0.472 e. The van der Waals surface area contributed by atoms with Crippen molar-refractivity contribution >= 4 is 5.69 Å². The van der Waals surface area contributed by atoms with Gasteiger partial charge >= 0.3 is 0 Å². The van der Waals surface area contributed by atoms with Crippen LogP contribution in [0.2, 0.25) is 0 Å². The molecule has 0 amide bonds. The first-order valence-corrected chi connectivity index (χ1v) is 5.63. The maximum absolute atomic E-state index is 9.37. The molecule has 0 radical (unpaired) electrons. The van der Waals surface area contributed by atoms with Gasteiger partial charge in [-0.1, -0.05) is 17.7 Å². The number of aliphatic hydroxyl groups is 1. The van der Waals surface area contributed by atoms with Crippen LogP contribution in [0, 0.1) is 6.92 Å². The first-order chi connectivity index (χ1) is 8.20. The second kappa shape index (κ2) is 5.06. The maximum Gasteiger partial charge on any atom is 0.0952 e. The van der Waals surface area contributed by atoms with Crippen molar-refractivity contribution < 1.29 is 9.52 Å². The number of nitrogens with zero attached hydrogens (tertiary/aromatic N) is 1. The van der Waals surface area contributed by atoms with Gasteiger partial charge in [0.2, 0.25) is 0 Å². The van der Waals surface area contributed by atoms with Gasteiger partial charge in [-0.15, -0.1) is 0 Å². The maximum atomic E-state index is 9.37. The summed E-state index contributed by atoms with van der Waals surface area (Å²) >= 11 is 0. The van der Waals surface area contributed by atoms with Gasteiger partial charge in [-0.05, 0) is 19.1 Å². The Balaban J connectivity index is 2.21. The summed E-state index contributed by atoms with van der Waals surface area (Å²) in [5, 5.41) is 9.37. The number of aryl methyl sites for hydroxylation is 1. The van der Waals surface area contributed by atoms with Crippen LogP contribution in [0.4, 0.5) is 5.69 Å².